The number of aromatic nitrogens is 2. The van der Waals surface area contributed by atoms with Crippen molar-refractivity contribution >= 4 is 39.9 Å². The zero-order chi connectivity index (χ0) is 23.5. The highest BCUT2D eigenvalue weighted by Gasteiger charge is 2.34. The monoisotopic (exact) mass is 481 g/mol. The summed E-state index contributed by atoms with van der Waals surface area (Å²) >= 11 is 1.15. The molecule has 0 aliphatic carbocycles. The van der Waals surface area contributed by atoms with Crippen molar-refractivity contribution in [1.82, 2.24) is 14.3 Å². The first-order chi connectivity index (χ1) is 15.9. The molecular weight excluding hydrogens is 460 g/mol. The Morgan fingerprint density at radius 3 is 2.73 bits per heavy atom. The number of nitrogens with zero attached hydrogens (tertiary/aromatic N) is 4. The number of benzene rings is 1. The fraction of sp³-hybridized carbons (Fsp3) is 0.400. The molecule has 0 radical (unpaired) electrons. The summed E-state index contributed by atoms with van der Waals surface area (Å²) in [5.74, 6) is -2.32. The lowest BCUT2D eigenvalue weighted by atomic mass is 9.97. The highest BCUT2D eigenvalue weighted by atomic mass is 32.1. The average Bonchev–Trinajstić information content (AvgIpc) is 3.46. The lowest BCUT2D eigenvalue weighted by Gasteiger charge is -2.28. The molecule has 33 heavy (non-hydrogen) atoms. The van der Waals surface area contributed by atoms with Gasteiger partial charge in [-0.15, -0.1) is 0 Å². The van der Waals surface area contributed by atoms with Crippen LogP contribution < -0.4 is 10.2 Å². The van der Waals surface area contributed by atoms with E-state index in [4.69, 9.17) is 9.84 Å². The third kappa shape index (κ3) is 4.94. The lowest BCUT2D eigenvalue weighted by molar-refractivity contribution is -0.141. The maximum atomic E-state index is 14.9. The summed E-state index contributed by atoms with van der Waals surface area (Å²) in [5.41, 5.74) is 0.189. The van der Waals surface area contributed by atoms with E-state index < -0.39 is 42.4 Å². The quantitative estimate of drug-likeness (QED) is 0.539. The number of carbonyl (C=O) groups excluding carboxylic acids is 2. The molecule has 0 unspecified atom stereocenters. The summed E-state index contributed by atoms with van der Waals surface area (Å²) in [6, 6.07) is 2.15. The second-order valence-corrected chi connectivity index (χ2v) is 8.27. The number of nitrogens with one attached hydrogen (secondary N) is 1. The van der Waals surface area contributed by atoms with Crippen molar-refractivity contribution in [2.24, 2.45) is 0 Å². The van der Waals surface area contributed by atoms with Gasteiger partial charge in [0.25, 0.3) is 5.91 Å². The Labute approximate surface area is 191 Å². The molecular formula is C20H21F2N5O5S. The van der Waals surface area contributed by atoms with Gasteiger partial charge in [0.05, 0.1) is 25.4 Å². The van der Waals surface area contributed by atoms with Gasteiger partial charge in [-0.3, -0.25) is 9.69 Å². The Bertz CT molecular complexity index is 1040. The van der Waals surface area contributed by atoms with Crippen LogP contribution in [0.25, 0.3) is 5.57 Å². The molecule has 1 aromatic carbocycles. The molecule has 1 fully saturated rings. The Morgan fingerprint density at radius 1 is 1.36 bits per heavy atom. The summed E-state index contributed by atoms with van der Waals surface area (Å²) in [4.78, 5) is 30.6. The molecule has 1 aromatic heterocycles. The van der Waals surface area contributed by atoms with Crippen LogP contribution in [-0.2, 0) is 9.53 Å². The molecule has 2 atom stereocenters. The standard InChI is InChI=1S/C20H21F2N5O5S/c21-14-5-12(27-8-13(32-20(27)31)7-23-19-24-10-25-33-19)6-15(22)17(14)11-1-3-26(4-2-11)18(30)16(29)9-28/h1,5-6,10,13,16,28-29H,2-4,7-9H2,(H,23,24,25)/t13-,16-/m0/s1. The van der Waals surface area contributed by atoms with Crippen LogP contribution in [-0.4, -0.2) is 81.5 Å². The number of halogens is 2. The van der Waals surface area contributed by atoms with Crippen molar-refractivity contribution in [3.05, 3.63) is 41.7 Å². The maximum Gasteiger partial charge on any atom is 0.414 e. The molecule has 2 aliphatic heterocycles. The third-order valence-corrected chi connectivity index (χ3v) is 5.98. The molecule has 2 aromatic rings. The number of rotatable bonds is 7. The highest BCUT2D eigenvalue weighted by molar-refractivity contribution is 7.09. The minimum absolute atomic E-state index is 0.0384. The number of carbonyl (C=O) groups is 2. The summed E-state index contributed by atoms with van der Waals surface area (Å²) in [5, 5.41) is 21.9. The maximum absolute atomic E-state index is 14.9. The highest BCUT2D eigenvalue weighted by Crippen LogP contribution is 2.32. The second kappa shape index (κ2) is 9.77. The van der Waals surface area contributed by atoms with Gasteiger partial charge in [-0.1, -0.05) is 6.08 Å². The topological polar surface area (TPSA) is 128 Å². The van der Waals surface area contributed by atoms with Gasteiger partial charge in [-0.25, -0.2) is 18.6 Å². The smallest absolute Gasteiger partial charge is 0.414 e. The van der Waals surface area contributed by atoms with E-state index in [1.54, 1.807) is 0 Å². The van der Waals surface area contributed by atoms with Crippen LogP contribution in [0.15, 0.2) is 24.5 Å². The Hall–Kier alpha value is -3.16. The molecule has 0 bridgehead atoms. The molecule has 176 valence electrons. The van der Waals surface area contributed by atoms with Crippen LogP contribution in [0.4, 0.5) is 24.4 Å². The van der Waals surface area contributed by atoms with Gasteiger partial charge >= 0.3 is 6.09 Å². The number of hydrogen-bond donors (Lipinski definition) is 3. The molecule has 1 saturated heterocycles. The van der Waals surface area contributed by atoms with E-state index in [0.29, 0.717) is 10.7 Å². The minimum atomic E-state index is -1.52. The van der Waals surface area contributed by atoms with Crippen molar-refractivity contribution in [1.29, 1.82) is 0 Å². The SMILES string of the molecule is O=C([C@@H](O)CO)N1CC=C(c2c(F)cc(N3C[C@H](CNc4ncns4)OC3=O)cc2F)CC1. The van der Waals surface area contributed by atoms with Gasteiger partial charge < -0.3 is 25.2 Å². The molecule has 3 N–H and O–H groups in total. The van der Waals surface area contributed by atoms with E-state index in [1.165, 1.54) is 17.3 Å². The van der Waals surface area contributed by atoms with E-state index >= 15 is 0 Å². The molecule has 10 nitrogen and oxygen atoms in total. The van der Waals surface area contributed by atoms with E-state index in [2.05, 4.69) is 14.7 Å². The summed E-state index contributed by atoms with van der Waals surface area (Å²) in [6.07, 6.45) is 0.298. The van der Waals surface area contributed by atoms with Gasteiger partial charge in [0.15, 0.2) is 6.10 Å². The first-order valence-corrected chi connectivity index (χ1v) is 10.9. The van der Waals surface area contributed by atoms with Crippen LogP contribution >= 0.6 is 11.5 Å². The number of ether oxygens (including phenoxy) is 1. The van der Waals surface area contributed by atoms with Crippen LogP contribution in [0.3, 0.4) is 0 Å². The van der Waals surface area contributed by atoms with E-state index in [9.17, 15) is 23.5 Å². The van der Waals surface area contributed by atoms with Crippen molar-refractivity contribution < 1.29 is 33.3 Å². The molecule has 2 amide bonds. The zero-order valence-electron chi connectivity index (χ0n) is 17.3. The van der Waals surface area contributed by atoms with Crippen LogP contribution in [0.1, 0.15) is 12.0 Å². The Balaban J connectivity index is 1.45. The minimum Gasteiger partial charge on any atom is -0.442 e. The van der Waals surface area contributed by atoms with Gasteiger partial charge in [-0.2, -0.15) is 4.37 Å². The first kappa shape index (κ1) is 23.0. The number of anilines is 2. The van der Waals surface area contributed by atoms with Crippen LogP contribution in [0, 0.1) is 11.6 Å². The van der Waals surface area contributed by atoms with Crippen LogP contribution in [0.2, 0.25) is 0 Å². The third-order valence-electron chi connectivity index (χ3n) is 5.35. The number of hydrogen-bond acceptors (Lipinski definition) is 9. The van der Waals surface area contributed by atoms with E-state index in [-0.39, 0.29) is 43.9 Å². The van der Waals surface area contributed by atoms with Crippen LogP contribution in [0.5, 0.6) is 0 Å². The first-order valence-electron chi connectivity index (χ1n) is 10.1. The van der Waals surface area contributed by atoms with E-state index in [1.807, 2.05) is 0 Å². The van der Waals surface area contributed by atoms with Crippen molar-refractivity contribution in [3.8, 4) is 0 Å². The Morgan fingerprint density at radius 2 is 2.12 bits per heavy atom. The lowest BCUT2D eigenvalue weighted by Crippen LogP contribution is -2.42. The van der Waals surface area contributed by atoms with Gasteiger partial charge in [0.2, 0.25) is 5.13 Å². The van der Waals surface area contributed by atoms with Crippen molar-refractivity contribution in [2.75, 3.05) is 43.0 Å². The second-order valence-electron chi connectivity index (χ2n) is 7.49. The number of aliphatic hydroxyl groups excluding tert-OH is 2. The molecule has 4 rings (SSSR count). The van der Waals surface area contributed by atoms with Crippen molar-refractivity contribution in [2.45, 2.75) is 18.6 Å². The normalized spacial score (nSPS) is 19.3. The fourth-order valence-corrected chi connectivity index (χ4v) is 4.13. The molecule has 13 heteroatoms. The molecule has 3 heterocycles. The largest absolute Gasteiger partial charge is 0.442 e. The zero-order valence-corrected chi connectivity index (χ0v) is 18.1. The van der Waals surface area contributed by atoms with Gasteiger partial charge in [-0.05, 0) is 24.1 Å². The van der Waals surface area contributed by atoms with Gasteiger partial charge in [0, 0.05) is 30.2 Å². The number of amides is 2. The molecule has 2 aliphatic rings. The van der Waals surface area contributed by atoms with Gasteiger partial charge in [0.1, 0.15) is 24.1 Å². The molecule has 0 spiro atoms. The van der Waals surface area contributed by atoms with Crippen molar-refractivity contribution in [3.63, 3.8) is 0 Å². The average molecular weight is 481 g/mol. The predicted molar refractivity (Wildman–Crippen MR) is 115 cm³/mol. The summed E-state index contributed by atoms with van der Waals surface area (Å²) < 4.78 is 38.9. The Kier molecular flexibility index (Phi) is 6.81. The number of cyclic esters (lactones) is 1. The summed E-state index contributed by atoms with van der Waals surface area (Å²) in [6.45, 7) is -0.129. The predicted octanol–water partition coefficient (Wildman–Crippen LogP) is 1.22. The fourth-order valence-electron chi connectivity index (χ4n) is 3.70. The summed E-state index contributed by atoms with van der Waals surface area (Å²) in [7, 11) is 0. The molecule has 0 saturated carbocycles. The number of aliphatic hydroxyl groups is 2. The van der Waals surface area contributed by atoms with E-state index in [0.717, 1.165) is 28.6 Å².